The van der Waals surface area contributed by atoms with Crippen molar-refractivity contribution in [3.05, 3.63) is 54.1 Å². The third-order valence-electron chi connectivity index (χ3n) is 3.43. The van der Waals surface area contributed by atoms with Crippen molar-refractivity contribution in [3.63, 3.8) is 0 Å². The van der Waals surface area contributed by atoms with E-state index in [0.717, 1.165) is 11.3 Å². The maximum atomic E-state index is 12.0. The van der Waals surface area contributed by atoms with Crippen LogP contribution >= 0.6 is 0 Å². The quantitative estimate of drug-likeness (QED) is 0.751. The summed E-state index contributed by atoms with van der Waals surface area (Å²) in [6, 6.07) is 13.7. The number of rotatable bonds is 6. The summed E-state index contributed by atoms with van der Waals surface area (Å²) in [5.74, 6) is -0.563. The number of para-hydroxylation sites is 1. The standard InChI is InChI=1S/C18H20N2O4/c1-3-16(17(21)22)24-14-10-8-13(9-11-14)19-18(23)20-15-7-5-4-6-12(15)2/h4-11,16H,3H2,1-2H3,(H,21,22)(H2,19,20,23). The lowest BCUT2D eigenvalue weighted by Crippen LogP contribution is -2.25. The lowest BCUT2D eigenvalue weighted by molar-refractivity contribution is -0.145. The SMILES string of the molecule is CCC(Oc1ccc(NC(=O)Nc2ccccc2C)cc1)C(=O)O. The van der Waals surface area contributed by atoms with Crippen LogP contribution in [-0.4, -0.2) is 23.2 Å². The molecule has 0 saturated carbocycles. The van der Waals surface area contributed by atoms with E-state index < -0.39 is 12.1 Å². The molecule has 0 fully saturated rings. The molecule has 0 radical (unpaired) electrons. The number of aliphatic carboxylic acids is 1. The van der Waals surface area contributed by atoms with Gasteiger partial charge in [0.05, 0.1) is 0 Å². The van der Waals surface area contributed by atoms with E-state index in [-0.39, 0.29) is 6.03 Å². The predicted molar refractivity (Wildman–Crippen MR) is 92.6 cm³/mol. The van der Waals surface area contributed by atoms with E-state index in [2.05, 4.69) is 10.6 Å². The molecule has 2 amide bonds. The van der Waals surface area contributed by atoms with Crippen LogP contribution in [-0.2, 0) is 4.79 Å². The topological polar surface area (TPSA) is 87.7 Å². The van der Waals surface area contributed by atoms with E-state index in [4.69, 9.17) is 9.84 Å². The first-order valence-corrected chi connectivity index (χ1v) is 7.62. The van der Waals surface area contributed by atoms with Crippen molar-refractivity contribution >= 4 is 23.4 Å². The third kappa shape index (κ3) is 4.74. The number of nitrogens with one attached hydrogen (secondary N) is 2. The van der Waals surface area contributed by atoms with Gasteiger partial charge in [-0.3, -0.25) is 0 Å². The summed E-state index contributed by atoms with van der Waals surface area (Å²) in [6.07, 6.45) is -0.512. The zero-order valence-corrected chi connectivity index (χ0v) is 13.6. The number of hydrogen-bond acceptors (Lipinski definition) is 3. The number of aryl methyl sites for hydroxylation is 1. The van der Waals surface area contributed by atoms with Gasteiger partial charge in [0.2, 0.25) is 0 Å². The number of carbonyl (C=O) groups excluding carboxylic acids is 1. The minimum absolute atomic E-state index is 0.352. The number of urea groups is 1. The van der Waals surface area contributed by atoms with Crippen LogP contribution in [0.3, 0.4) is 0 Å². The first kappa shape index (κ1) is 17.3. The van der Waals surface area contributed by atoms with Gasteiger partial charge in [-0.2, -0.15) is 0 Å². The normalized spacial score (nSPS) is 11.4. The summed E-state index contributed by atoms with van der Waals surface area (Å²) in [6.45, 7) is 3.65. The van der Waals surface area contributed by atoms with Crippen molar-refractivity contribution in [2.24, 2.45) is 0 Å². The summed E-state index contributed by atoms with van der Waals surface area (Å²) < 4.78 is 5.37. The summed E-state index contributed by atoms with van der Waals surface area (Å²) in [7, 11) is 0. The van der Waals surface area contributed by atoms with Gasteiger partial charge in [0.1, 0.15) is 5.75 Å². The van der Waals surface area contributed by atoms with Crippen molar-refractivity contribution in [1.29, 1.82) is 0 Å². The van der Waals surface area contributed by atoms with E-state index in [1.807, 2.05) is 31.2 Å². The molecule has 0 heterocycles. The van der Waals surface area contributed by atoms with Crippen molar-refractivity contribution < 1.29 is 19.4 Å². The molecule has 2 aromatic carbocycles. The smallest absolute Gasteiger partial charge is 0.344 e. The highest BCUT2D eigenvalue weighted by molar-refractivity contribution is 6.00. The number of carbonyl (C=O) groups is 2. The summed E-state index contributed by atoms with van der Waals surface area (Å²) in [5.41, 5.74) is 2.29. The van der Waals surface area contributed by atoms with Gasteiger partial charge in [0.15, 0.2) is 6.10 Å². The third-order valence-corrected chi connectivity index (χ3v) is 3.43. The molecule has 0 aromatic heterocycles. The van der Waals surface area contributed by atoms with E-state index in [0.29, 0.717) is 17.9 Å². The van der Waals surface area contributed by atoms with Gasteiger partial charge in [-0.25, -0.2) is 9.59 Å². The number of carboxylic acid groups (broad SMARTS) is 1. The van der Waals surface area contributed by atoms with Crippen LogP contribution in [0.15, 0.2) is 48.5 Å². The summed E-state index contributed by atoms with van der Waals surface area (Å²) in [4.78, 5) is 23.0. The highest BCUT2D eigenvalue weighted by Crippen LogP contribution is 2.19. The molecule has 0 spiro atoms. The predicted octanol–water partition coefficient (Wildman–Crippen LogP) is 3.88. The summed E-state index contributed by atoms with van der Waals surface area (Å²) in [5, 5.41) is 14.5. The van der Waals surface area contributed by atoms with Crippen molar-refractivity contribution in [2.75, 3.05) is 10.6 Å². The molecule has 0 aliphatic carbocycles. The Balaban J connectivity index is 1.95. The molecular formula is C18H20N2O4. The molecule has 24 heavy (non-hydrogen) atoms. The molecule has 1 atom stereocenters. The molecule has 0 aliphatic rings. The van der Waals surface area contributed by atoms with Gasteiger partial charge in [-0.1, -0.05) is 25.1 Å². The first-order chi connectivity index (χ1) is 11.5. The van der Waals surface area contributed by atoms with Crippen molar-refractivity contribution in [3.8, 4) is 5.75 Å². The van der Waals surface area contributed by atoms with Gasteiger partial charge >= 0.3 is 12.0 Å². The molecule has 0 bridgehead atoms. The molecule has 0 aliphatic heterocycles. The van der Waals surface area contributed by atoms with Crippen LogP contribution in [0.2, 0.25) is 0 Å². The monoisotopic (exact) mass is 328 g/mol. The Kier molecular flexibility index (Phi) is 5.78. The highest BCUT2D eigenvalue weighted by atomic mass is 16.5. The Bertz CT molecular complexity index is 713. The molecule has 2 rings (SSSR count). The van der Waals surface area contributed by atoms with Gasteiger partial charge in [-0.15, -0.1) is 0 Å². The molecular weight excluding hydrogens is 308 g/mol. The van der Waals surface area contributed by atoms with Crippen LogP contribution in [0, 0.1) is 6.92 Å². The molecule has 0 saturated heterocycles. The maximum Gasteiger partial charge on any atom is 0.344 e. The Morgan fingerprint density at radius 3 is 2.33 bits per heavy atom. The second-order valence-corrected chi connectivity index (χ2v) is 5.27. The second-order valence-electron chi connectivity index (χ2n) is 5.27. The minimum atomic E-state index is -1.00. The second kappa shape index (κ2) is 8.01. The maximum absolute atomic E-state index is 12.0. The Morgan fingerprint density at radius 2 is 1.75 bits per heavy atom. The fourth-order valence-corrected chi connectivity index (χ4v) is 2.09. The van der Waals surface area contributed by atoms with Gasteiger partial charge in [0.25, 0.3) is 0 Å². The number of amides is 2. The molecule has 6 nitrogen and oxygen atoms in total. The molecule has 2 aromatic rings. The summed E-state index contributed by atoms with van der Waals surface area (Å²) >= 11 is 0. The Morgan fingerprint density at radius 1 is 1.08 bits per heavy atom. The number of carboxylic acids is 1. The first-order valence-electron chi connectivity index (χ1n) is 7.62. The molecule has 126 valence electrons. The van der Waals surface area contributed by atoms with Gasteiger partial charge in [-0.05, 0) is 49.2 Å². The lowest BCUT2D eigenvalue weighted by Gasteiger charge is -2.14. The molecule has 6 heteroatoms. The van der Waals surface area contributed by atoms with Crippen LogP contribution in [0.25, 0.3) is 0 Å². The fourth-order valence-electron chi connectivity index (χ4n) is 2.09. The Labute approximate surface area is 140 Å². The number of anilines is 2. The Hall–Kier alpha value is -3.02. The number of ether oxygens (including phenoxy) is 1. The van der Waals surface area contributed by atoms with Crippen molar-refractivity contribution in [1.82, 2.24) is 0 Å². The lowest BCUT2D eigenvalue weighted by atomic mass is 10.2. The average molecular weight is 328 g/mol. The van der Waals surface area contributed by atoms with Gasteiger partial charge < -0.3 is 20.5 Å². The average Bonchev–Trinajstić information content (AvgIpc) is 2.56. The number of benzene rings is 2. The molecule has 3 N–H and O–H groups in total. The van der Waals surface area contributed by atoms with E-state index in [1.165, 1.54) is 0 Å². The largest absolute Gasteiger partial charge is 0.479 e. The minimum Gasteiger partial charge on any atom is -0.479 e. The van der Waals surface area contributed by atoms with Crippen LogP contribution in [0.1, 0.15) is 18.9 Å². The van der Waals surface area contributed by atoms with Crippen LogP contribution < -0.4 is 15.4 Å². The van der Waals surface area contributed by atoms with Crippen molar-refractivity contribution in [2.45, 2.75) is 26.4 Å². The number of hydrogen-bond donors (Lipinski definition) is 3. The highest BCUT2D eigenvalue weighted by Gasteiger charge is 2.16. The van der Waals surface area contributed by atoms with E-state index >= 15 is 0 Å². The van der Waals surface area contributed by atoms with Gasteiger partial charge in [0, 0.05) is 11.4 Å². The van der Waals surface area contributed by atoms with Crippen LogP contribution in [0.4, 0.5) is 16.2 Å². The van der Waals surface area contributed by atoms with E-state index in [9.17, 15) is 9.59 Å². The van der Waals surface area contributed by atoms with Crippen LogP contribution in [0.5, 0.6) is 5.75 Å². The van der Waals surface area contributed by atoms with E-state index in [1.54, 1.807) is 31.2 Å². The fraction of sp³-hybridized carbons (Fsp3) is 0.222. The molecule has 1 unspecified atom stereocenters. The zero-order chi connectivity index (χ0) is 17.5. The zero-order valence-electron chi connectivity index (χ0n) is 13.6.